The molecule has 4 nitrogen and oxygen atoms in total. The summed E-state index contributed by atoms with van der Waals surface area (Å²) < 4.78 is 5.60. The molecule has 0 aromatic carbocycles. The van der Waals surface area contributed by atoms with Crippen molar-refractivity contribution in [3.05, 3.63) is 0 Å². The van der Waals surface area contributed by atoms with E-state index in [1.54, 1.807) is 0 Å². The minimum absolute atomic E-state index is 0.0286. The summed E-state index contributed by atoms with van der Waals surface area (Å²) >= 11 is 0. The van der Waals surface area contributed by atoms with Gasteiger partial charge in [0.25, 0.3) is 0 Å². The van der Waals surface area contributed by atoms with Crippen molar-refractivity contribution in [1.29, 1.82) is 0 Å². The lowest BCUT2D eigenvalue weighted by Gasteiger charge is -2.60. The first-order valence-corrected chi connectivity index (χ1v) is 10.2. The molecule has 0 saturated heterocycles. The number of carbonyl (C=O) groups is 2. The van der Waals surface area contributed by atoms with Crippen LogP contribution in [-0.2, 0) is 14.3 Å². The molecule has 4 rings (SSSR count). The highest BCUT2D eigenvalue weighted by molar-refractivity contribution is 5.87. The van der Waals surface area contributed by atoms with Crippen LogP contribution in [0.2, 0.25) is 0 Å². The number of hydrogen-bond acceptors (Lipinski definition) is 4. The molecule has 0 aromatic rings. The molecule has 0 aromatic heterocycles. The van der Waals surface area contributed by atoms with Crippen LogP contribution >= 0.6 is 0 Å². The molecule has 0 bridgehead atoms. The Bertz CT molecular complexity index is 572. The van der Waals surface area contributed by atoms with Crippen molar-refractivity contribution < 1.29 is 19.4 Å². The van der Waals surface area contributed by atoms with Crippen molar-refractivity contribution >= 4 is 11.8 Å². The third-order valence-corrected chi connectivity index (χ3v) is 8.59. The first kappa shape index (κ1) is 17.5. The van der Waals surface area contributed by atoms with Gasteiger partial charge in [-0.1, -0.05) is 6.92 Å². The van der Waals surface area contributed by atoms with Gasteiger partial charge in [0.15, 0.2) is 0 Å². The number of carbonyl (C=O) groups excluding carboxylic acids is 2. The summed E-state index contributed by atoms with van der Waals surface area (Å²) in [5.41, 5.74) is -0.0778. The lowest BCUT2D eigenvalue weighted by atomic mass is 9.45. The molecule has 0 radical (unpaired) electrons. The second kappa shape index (κ2) is 6.07. The van der Waals surface area contributed by atoms with E-state index in [0.29, 0.717) is 36.1 Å². The van der Waals surface area contributed by atoms with Crippen LogP contribution in [0.15, 0.2) is 0 Å². The normalized spacial score (nSPS) is 49.1. The smallest absolute Gasteiger partial charge is 0.302 e. The van der Waals surface area contributed by atoms with E-state index in [4.69, 9.17) is 4.74 Å². The van der Waals surface area contributed by atoms with Crippen LogP contribution in [0, 0.1) is 34.5 Å². The summed E-state index contributed by atoms with van der Waals surface area (Å²) in [6.07, 6.45) is 8.60. The van der Waals surface area contributed by atoms with E-state index in [0.717, 1.165) is 51.4 Å². The summed E-state index contributed by atoms with van der Waals surface area (Å²) in [5, 5.41) is 10.2. The molecule has 0 heterocycles. The Kier molecular flexibility index (Phi) is 4.25. The first-order chi connectivity index (χ1) is 11.9. The van der Waals surface area contributed by atoms with Crippen LogP contribution in [0.25, 0.3) is 0 Å². The van der Waals surface area contributed by atoms with Crippen LogP contribution in [0.4, 0.5) is 0 Å². The monoisotopic (exact) mass is 348 g/mol. The zero-order valence-electron chi connectivity index (χ0n) is 15.6. The molecule has 1 unspecified atom stereocenters. The average Bonchev–Trinajstić information content (AvgIpc) is 2.88. The summed E-state index contributed by atoms with van der Waals surface area (Å²) in [7, 11) is 0. The Balaban J connectivity index is 1.65. The topological polar surface area (TPSA) is 63.6 Å². The van der Waals surface area contributed by atoms with E-state index in [-0.39, 0.29) is 22.9 Å². The molecule has 140 valence electrons. The third-order valence-electron chi connectivity index (χ3n) is 8.59. The number of aliphatic hydroxyl groups excluding tert-OH is 1. The number of esters is 1. The van der Waals surface area contributed by atoms with Crippen LogP contribution in [0.3, 0.4) is 0 Å². The fourth-order valence-electron chi connectivity index (χ4n) is 7.32. The van der Waals surface area contributed by atoms with E-state index in [9.17, 15) is 14.7 Å². The van der Waals surface area contributed by atoms with E-state index >= 15 is 0 Å². The van der Waals surface area contributed by atoms with Crippen molar-refractivity contribution in [2.45, 2.75) is 77.7 Å². The summed E-state index contributed by atoms with van der Waals surface area (Å²) in [6.45, 7) is 4.22. The molecule has 4 aliphatic rings. The predicted octanol–water partition coefficient (Wildman–Crippen LogP) is 3.50. The van der Waals surface area contributed by atoms with Crippen LogP contribution in [0.5, 0.6) is 0 Å². The zero-order chi connectivity index (χ0) is 17.8. The van der Waals surface area contributed by atoms with Gasteiger partial charge in [-0.05, 0) is 75.0 Å². The van der Waals surface area contributed by atoms with Gasteiger partial charge in [-0.15, -0.1) is 0 Å². The maximum Gasteiger partial charge on any atom is 0.302 e. The standard InChI is InChI=1S/C21H32O4/c1-13(22)25-12-21-10-7-15(23)11-14(21)3-4-16-17-5-6-19(24)20(17,2)9-8-18(16)21/h14-18,23H,3-12H2,1-2H3/t14-,15?,16-,17-,18-,20-,21+/m0/s1. The summed E-state index contributed by atoms with van der Waals surface area (Å²) in [4.78, 5) is 24.1. The minimum atomic E-state index is -0.200. The quantitative estimate of drug-likeness (QED) is 0.776. The largest absolute Gasteiger partial charge is 0.465 e. The number of Topliss-reactive ketones (excluding diaryl/α,β-unsaturated/α-hetero) is 1. The van der Waals surface area contributed by atoms with Crippen molar-refractivity contribution in [1.82, 2.24) is 0 Å². The molecule has 4 heteroatoms. The Hall–Kier alpha value is -0.900. The highest BCUT2D eigenvalue weighted by atomic mass is 16.5. The van der Waals surface area contributed by atoms with Gasteiger partial charge in [0.1, 0.15) is 5.78 Å². The maximum atomic E-state index is 12.5. The number of ketones is 1. The molecule has 25 heavy (non-hydrogen) atoms. The number of rotatable bonds is 2. The van der Waals surface area contributed by atoms with Gasteiger partial charge in [-0.3, -0.25) is 9.59 Å². The number of ether oxygens (including phenoxy) is 1. The van der Waals surface area contributed by atoms with Crippen LogP contribution in [0.1, 0.15) is 71.6 Å². The highest BCUT2D eigenvalue weighted by Gasteiger charge is 2.61. The highest BCUT2D eigenvalue weighted by Crippen LogP contribution is 2.65. The van der Waals surface area contributed by atoms with Crippen molar-refractivity contribution in [2.24, 2.45) is 34.5 Å². The maximum absolute atomic E-state index is 12.5. The van der Waals surface area contributed by atoms with E-state index in [2.05, 4.69) is 6.92 Å². The van der Waals surface area contributed by atoms with Crippen molar-refractivity contribution in [3.63, 3.8) is 0 Å². The number of hydrogen-bond donors (Lipinski definition) is 1. The van der Waals surface area contributed by atoms with Crippen LogP contribution in [-0.4, -0.2) is 29.6 Å². The molecule has 4 saturated carbocycles. The third kappa shape index (κ3) is 2.58. The Morgan fingerprint density at radius 2 is 1.96 bits per heavy atom. The minimum Gasteiger partial charge on any atom is -0.465 e. The molecule has 0 spiro atoms. The lowest BCUT2D eigenvalue weighted by molar-refractivity contribution is -0.173. The number of aliphatic hydroxyl groups is 1. The van der Waals surface area contributed by atoms with Crippen molar-refractivity contribution in [2.75, 3.05) is 6.61 Å². The van der Waals surface area contributed by atoms with Gasteiger partial charge in [-0.2, -0.15) is 0 Å². The Labute approximate surface area is 150 Å². The van der Waals surface area contributed by atoms with Gasteiger partial charge in [-0.25, -0.2) is 0 Å². The van der Waals surface area contributed by atoms with E-state index < -0.39 is 0 Å². The molecule has 0 aliphatic heterocycles. The van der Waals surface area contributed by atoms with Gasteiger partial charge in [0.05, 0.1) is 12.7 Å². The lowest BCUT2D eigenvalue weighted by Crippen LogP contribution is -2.57. The molecular formula is C21H32O4. The summed E-state index contributed by atoms with van der Waals surface area (Å²) in [5.74, 6) is 2.39. The van der Waals surface area contributed by atoms with Gasteiger partial charge in [0, 0.05) is 24.2 Å². The fourth-order valence-corrected chi connectivity index (χ4v) is 7.32. The zero-order valence-corrected chi connectivity index (χ0v) is 15.6. The summed E-state index contributed by atoms with van der Waals surface area (Å²) in [6, 6.07) is 0. The number of fused-ring (bicyclic) bond motifs is 5. The van der Waals surface area contributed by atoms with Crippen molar-refractivity contribution in [3.8, 4) is 0 Å². The second-order valence-electron chi connectivity index (χ2n) is 9.51. The SMILES string of the molecule is CC(=O)OC[C@]12CCC(O)C[C@@H]1CC[C@@H]1[C@@H]2CC[C@]2(C)C(=O)CC[C@@H]12. The van der Waals surface area contributed by atoms with Gasteiger partial charge >= 0.3 is 5.97 Å². The molecule has 7 atom stereocenters. The second-order valence-corrected chi connectivity index (χ2v) is 9.51. The van der Waals surface area contributed by atoms with Gasteiger partial charge < -0.3 is 9.84 Å². The Morgan fingerprint density at radius 1 is 1.16 bits per heavy atom. The molecule has 0 amide bonds. The molecule has 4 aliphatic carbocycles. The van der Waals surface area contributed by atoms with E-state index in [1.165, 1.54) is 13.3 Å². The Morgan fingerprint density at radius 3 is 2.72 bits per heavy atom. The van der Waals surface area contributed by atoms with Gasteiger partial charge in [0.2, 0.25) is 0 Å². The van der Waals surface area contributed by atoms with E-state index in [1.807, 2.05) is 0 Å². The molecule has 1 N–H and O–H groups in total. The molecule has 4 fully saturated rings. The first-order valence-electron chi connectivity index (χ1n) is 10.2. The fraction of sp³-hybridized carbons (Fsp3) is 0.905. The average molecular weight is 348 g/mol. The van der Waals surface area contributed by atoms with Crippen LogP contribution < -0.4 is 0 Å². The predicted molar refractivity (Wildman–Crippen MR) is 93.7 cm³/mol. The molecular weight excluding hydrogens is 316 g/mol.